The third-order valence-corrected chi connectivity index (χ3v) is 4.74. The SMILES string of the molecule is CN(CCO)CC(=O)NC1(C)CCS(=O)(=O)C1. The second kappa shape index (κ2) is 5.32. The van der Waals surface area contributed by atoms with E-state index in [0.29, 0.717) is 13.0 Å². The first-order valence-corrected chi connectivity index (χ1v) is 7.39. The summed E-state index contributed by atoms with van der Waals surface area (Å²) in [6.07, 6.45) is 0.463. The van der Waals surface area contributed by atoms with Gasteiger partial charge in [-0.2, -0.15) is 0 Å². The van der Waals surface area contributed by atoms with Crippen molar-refractivity contribution in [3.05, 3.63) is 0 Å². The Morgan fingerprint density at radius 3 is 2.65 bits per heavy atom. The molecule has 0 aromatic heterocycles. The summed E-state index contributed by atoms with van der Waals surface area (Å²) in [5, 5.41) is 11.5. The molecule has 1 saturated heterocycles. The van der Waals surface area contributed by atoms with E-state index in [9.17, 15) is 13.2 Å². The molecular weight excluding hydrogens is 244 g/mol. The largest absolute Gasteiger partial charge is 0.395 e. The lowest BCUT2D eigenvalue weighted by atomic mass is 10.0. The van der Waals surface area contributed by atoms with Gasteiger partial charge in [0, 0.05) is 6.54 Å². The molecule has 1 heterocycles. The van der Waals surface area contributed by atoms with Gasteiger partial charge in [-0.25, -0.2) is 8.42 Å². The minimum absolute atomic E-state index is 0.00454. The number of carbonyl (C=O) groups excluding carboxylic acids is 1. The Balaban J connectivity index is 2.46. The predicted octanol–water partition coefficient (Wildman–Crippen LogP) is -1.40. The Morgan fingerprint density at radius 2 is 2.18 bits per heavy atom. The van der Waals surface area contributed by atoms with Crippen molar-refractivity contribution in [1.82, 2.24) is 10.2 Å². The number of likely N-dealkylation sites (N-methyl/N-ethyl adjacent to an activating group) is 1. The number of nitrogens with one attached hydrogen (secondary N) is 1. The van der Waals surface area contributed by atoms with Crippen LogP contribution >= 0.6 is 0 Å². The van der Waals surface area contributed by atoms with E-state index in [-0.39, 0.29) is 30.6 Å². The van der Waals surface area contributed by atoms with Gasteiger partial charge in [0.1, 0.15) is 0 Å². The summed E-state index contributed by atoms with van der Waals surface area (Å²) >= 11 is 0. The van der Waals surface area contributed by atoms with Crippen molar-refractivity contribution in [2.24, 2.45) is 0 Å². The molecule has 0 aliphatic carbocycles. The lowest BCUT2D eigenvalue weighted by Gasteiger charge is -2.25. The number of hydrogen-bond donors (Lipinski definition) is 2. The second-order valence-electron chi connectivity index (χ2n) is 4.91. The minimum Gasteiger partial charge on any atom is -0.395 e. The lowest BCUT2D eigenvalue weighted by Crippen LogP contribution is -2.50. The maximum Gasteiger partial charge on any atom is 0.234 e. The standard InChI is InChI=1S/C10H20N2O4S/c1-10(3-6-17(15,16)8-10)11-9(14)7-12(2)4-5-13/h13H,3-8H2,1-2H3,(H,11,14). The molecular formula is C10H20N2O4S. The highest BCUT2D eigenvalue weighted by Gasteiger charge is 2.39. The van der Waals surface area contributed by atoms with Crippen LogP contribution in [0, 0.1) is 0 Å². The summed E-state index contributed by atoms with van der Waals surface area (Å²) in [5.74, 6) is -0.0633. The van der Waals surface area contributed by atoms with Crippen LogP contribution in [0.25, 0.3) is 0 Å². The third kappa shape index (κ3) is 4.61. The first-order chi connectivity index (χ1) is 7.76. The molecule has 0 saturated carbocycles. The van der Waals surface area contributed by atoms with E-state index in [1.165, 1.54) is 0 Å². The number of hydrogen-bond acceptors (Lipinski definition) is 5. The van der Waals surface area contributed by atoms with Crippen LogP contribution in [-0.2, 0) is 14.6 Å². The van der Waals surface area contributed by atoms with Crippen LogP contribution in [0.3, 0.4) is 0 Å². The van der Waals surface area contributed by atoms with E-state index < -0.39 is 15.4 Å². The van der Waals surface area contributed by atoms with Crippen molar-refractivity contribution < 1.29 is 18.3 Å². The molecule has 0 radical (unpaired) electrons. The van der Waals surface area contributed by atoms with E-state index in [0.717, 1.165) is 0 Å². The van der Waals surface area contributed by atoms with Gasteiger partial charge >= 0.3 is 0 Å². The van der Waals surface area contributed by atoms with Gasteiger partial charge in [-0.05, 0) is 20.4 Å². The third-order valence-electron chi connectivity index (χ3n) is 2.84. The number of carbonyl (C=O) groups is 1. The van der Waals surface area contributed by atoms with Gasteiger partial charge in [0.05, 0.1) is 30.2 Å². The monoisotopic (exact) mass is 264 g/mol. The van der Waals surface area contributed by atoms with Crippen molar-refractivity contribution in [3.8, 4) is 0 Å². The second-order valence-corrected chi connectivity index (χ2v) is 7.10. The molecule has 0 aromatic carbocycles. The zero-order chi connectivity index (χ0) is 13.1. The van der Waals surface area contributed by atoms with Crippen molar-refractivity contribution in [2.75, 3.05) is 38.2 Å². The molecule has 1 atom stereocenters. The summed E-state index contributed by atoms with van der Waals surface area (Å²) in [7, 11) is -1.28. The fraction of sp³-hybridized carbons (Fsp3) is 0.900. The maximum absolute atomic E-state index is 11.7. The number of amides is 1. The number of aliphatic hydroxyl groups is 1. The van der Waals surface area contributed by atoms with Gasteiger partial charge < -0.3 is 10.4 Å². The van der Waals surface area contributed by atoms with E-state index in [4.69, 9.17) is 5.11 Å². The van der Waals surface area contributed by atoms with Crippen molar-refractivity contribution in [3.63, 3.8) is 0 Å². The molecule has 2 N–H and O–H groups in total. The van der Waals surface area contributed by atoms with Crippen molar-refractivity contribution in [2.45, 2.75) is 18.9 Å². The Kier molecular flexibility index (Phi) is 4.51. The molecule has 17 heavy (non-hydrogen) atoms. The summed E-state index contributed by atoms with van der Waals surface area (Å²) in [4.78, 5) is 13.4. The zero-order valence-corrected chi connectivity index (χ0v) is 11.1. The normalized spacial score (nSPS) is 27.3. The summed E-state index contributed by atoms with van der Waals surface area (Å²) < 4.78 is 22.7. The van der Waals surface area contributed by atoms with E-state index >= 15 is 0 Å². The van der Waals surface area contributed by atoms with Gasteiger partial charge in [0.2, 0.25) is 5.91 Å². The number of aliphatic hydroxyl groups excluding tert-OH is 1. The fourth-order valence-corrected chi connectivity index (χ4v) is 4.07. The van der Waals surface area contributed by atoms with Crippen LogP contribution in [0.5, 0.6) is 0 Å². The highest BCUT2D eigenvalue weighted by atomic mass is 32.2. The quantitative estimate of drug-likeness (QED) is 0.638. The predicted molar refractivity (Wildman–Crippen MR) is 64.4 cm³/mol. The van der Waals surface area contributed by atoms with Crippen LogP contribution in [0.2, 0.25) is 0 Å². The number of nitrogens with zero attached hydrogens (tertiary/aromatic N) is 1. The number of sulfone groups is 1. The molecule has 0 aromatic rings. The molecule has 1 fully saturated rings. The molecule has 100 valence electrons. The maximum atomic E-state index is 11.7. The van der Waals surface area contributed by atoms with Gasteiger partial charge in [-0.1, -0.05) is 0 Å². The Labute approximate surface area is 102 Å². The molecule has 1 aliphatic heterocycles. The fourth-order valence-electron chi connectivity index (χ4n) is 1.98. The summed E-state index contributed by atoms with van der Waals surface area (Å²) in [6.45, 7) is 2.33. The topological polar surface area (TPSA) is 86.7 Å². The zero-order valence-electron chi connectivity index (χ0n) is 10.3. The number of rotatable bonds is 5. The molecule has 0 spiro atoms. The smallest absolute Gasteiger partial charge is 0.234 e. The van der Waals surface area contributed by atoms with Crippen LogP contribution < -0.4 is 5.32 Å². The van der Waals surface area contributed by atoms with E-state index in [1.807, 2.05) is 0 Å². The molecule has 7 heteroatoms. The van der Waals surface area contributed by atoms with Crippen LogP contribution in [0.15, 0.2) is 0 Å². The molecule has 6 nitrogen and oxygen atoms in total. The van der Waals surface area contributed by atoms with Crippen LogP contribution in [0.4, 0.5) is 0 Å². The highest BCUT2D eigenvalue weighted by Crippen LogP contribution is 2.22. The summed E-state index contributed by atoms with van der Waals surface area (Å²) in [6, 6.07) is 0. The van der Waals surface area contributed by atoms with E-state index in [2.05, 4.69) is 5.32 Å². The van der Waals surface area contributed by atoms with E-state index in [1.54, 1.807) is 18.9 Å². The van der Waals surface area contributed by atoms with Gasteiger partial charge in [0.25, 0.3) is 0 Å². The van der Waals surface area contributed by atoms with Crippen molar-refractivity contribution in [1.29, 1.82) is 0 Å². The molecule has 1 aliphatic rings. The Hall–Kier alpha value is -0.660. The Bertz CT molecular complexity index is 382. The summed E-state index contributed by atoms with van der Waals surface area (Å²) in [5.41, 5.74) is -0.643. The molecule has 0 bridgehead atoms. The van der Waals surface area contributed by atoms with Crippen LogP contribution in [-0.4, -0.2) is 68.1 Å². The molecule has 1 unspecified atom stereocenters. The molecule has 1 amide bonds. The lowest BCUT2D eigenvalue weighted by molar-refractivity contribution is -0.123. The highest BCUT2D eigenvalue weighted by molar-refractivity contribution is 7.91. The molecule has 1 rings (SSSR count). The van der Waals surface area contributed by atoms with Gasteiger partial charge in [-0.15, -0.1) is 0 Å². The first kappa shape index (κ1) is 14.4. The van der Waals surface area contributed by atoms with Gasteiger partial charge in [0.15, 0.2) is 9.84 Å². The Morgan fingerprint density at radius 1 is 1.53 bits per heavy atom. The van der Waals surface area contributed by atoms with Gasteiger partial charge in [-0.3, -0.25) is 9.69 Å². The first-order valence-electron chi connectivity index (χ1n) is 5.57. The minimum atomic E-state index is -3.01. The average molecular weight is 264 g/mol. The van der Waals surface area contributed by atoms with Crippen LogP contribution in [0.1, 0.15) is 13.3 Å². The van der Waals surface area contributed by atoms with Crippen molar-refractivity contribution >= 4 is 15.7 Å². The average Bonchev–Trinajstić information content (AvgIpc) is 2.39.